The molecule has 0 radical (unpaired) electrons. The molecule has 1 heterocycles. The average molecular weight is 266 g/mol. The number of aliphatic hydroxyl groups is 2. The lowest BCUT2D eigenvalue weighted by molar-refractivity contribution is -0.142. The molecule has 2 rings (SSSR count). The van der Waals surface area contributed by atoms with Gasteiger partial charge in [-0.25, -0.2) is 0 Å². The van der Waals surface area contributed by atoms with Gasteiger partial charge in [0, 0.05) is 5.92 Å². The summed E-state index contributed by atoms with van der Waals surface area (Å²) in [5, 5.41) is 20.3. The van der Waals surface area contributed by atoms with Crippen LogP contribution in [0.4, 0.5) is 0 Å². The molecule has 1 aliphatic carbocycles. The molecule has 2 N–H and O–H groups in total. The van der Waals surface area contributed by atoms with Gasteiger partial charge in [-0.2, -0.15) is 0 Å². The highest BCUT2D eigenvalue weighted by Crippen LogP contribution is 2.36. The fourth-order valence-electron chi connectivity index (χ4n) is 2.93. The average Bonchev–Trinajstić information content (AvgIpc) is 2.60. The Labute approximate surface area is 113 Å². The van der Waals surface area contributed by atoms with Crippen LogP contribution < -0.4 is 0 Å². The molecule has 0 spiro atoms. The number of ether oxygens (including phenoxy) is 1. The van der Waals surface area contributed by atoms with Crippen molar-refractivity contribution in [1.82, 2.24) is 0 Å². The molecule has 0 aromatic rings. The van der Waals surface area contributed by atoms with Gasteiger partial charge in [0.25, 0.3) is 0 Å². The summed E-state index contributed by atoms with van der Waals surface area (Å²) in [5.41, 5.74) is 1.70. The van der Waals surface area contributed by atoms with Crippen molar-refractivity contribution in [3.05, 3.63) is 23.8 Å². The second-order valence-corrected chi connectivity index (χ2v) is 5.76. The summed E-state index contributed by atoms with van der Waals surface area (Å²) in [5.74, 6) is -0.846. The van der Waals surface area contributed by atoms with E-state index in [9.17, 15) is 15.0 Å². The third-order valence-corrected chi connectivity index (χ3v) is 4.23. The van der Waals surface area contributed by atoms with E-state index in [1.807, 2.05) is 13.0 Å². The molecule has 1 fully saturated rings. The molecule has 0 amide bonds. The minimum absolute atomic E-state index is 0.260. The van der Waals surface area contributed by atoms with Crippen molar-refractivity contribution in [2.45, 2.75) is 51.4 Å². The van der Waals surface area contributed by atoms with Gasteiger partial charge in [0.2, 0.25) is 0 Å². The molecular weight excluding hydrogens is 244 g/mol. The van der Waals surface area contributed by atoms with Crippen molar-refractivity contribution < 1.29 is 19.7 Å². The van der Waals surface area contributed by atoms with Gasteiger partial charge < -0.3 is 14.9 Å². The molecule has 0 aromatic carbocycles. The molecule has 1 saturated heterocycles. The van der Waals surface area contributed by atoms with Crippen molar-refractivity contribution in [3.8, 4) is 0 Å². The van der Waals surface area contributed by atoms with Crippen molar-refractivity contribution in [2.75, 3.05) is 0 Å². The van der Waals surface area contributed by atoms with Crippen LogP contribution >= 0.6 is 0 Å². The third-order valence-electron chi connectivity index (χ3n) is 4.23. The number of hydrogen-bond acceptors (Lipinski definition) is 4. The maximum absolute atomic E-state index is 11.7. The van der Waals surface area contributed by atoms with E-state index in [1.165, 1.54) is 0 Å². The van der Waals surface area contributed by atoms with Crippen LogP contribution in [0.25, 0.3) is 0 Å². The lowest BCUT2D eigenvalue weighted by atomic mass is 9.81. The summed E-state index contributed by atoms with van der Waals surface area (Å²) < 4.78 is 5.34. The number of carbonyl (C=O) groups excluding carboxylic acids is 1. The van der Waals surface area contributed by atoms with E-state index in [2.05, 4.69) is 6.58 Å². The fraction of sp³-hybridized carbons (Fsp3) is 0.667. The van der Waals surface area contributed by atoms with Crippen LogP contribution in [0.2, 0.25) is 0 Å². The normalized spacial score (nSPS) is 43.2. The largest absolute Gasteiger partial charge is 0.457 e. The summed E-state index contributed by atoms with van der Waals surface area (Å²) >= 11 is 0. The van der Waals surface area contributed by atoms with Crippen molar-refractivity contribution in [1.29, 1.82) is 0 Å². The van der Waals surface area contributed by atoms with Crippen LogP contribution in [-0.2, 0) is 9.53 Å². The van der Waals surface area contributed by atoms with E-state index in [0.29, 0.717) is 18.4 Å². The number of hydrogen-bond donors (Lipinski definition) is 2. The van der Waals surface area contributed by atoms with Gasteiger partial charge >= 0.3 is 5.97 Å². The van der Waals surface area contributed by atoms with Gasteiger partial charge in [0.05, 0.1) is 18.1 Å². The maximum atomic E-state index is 11.7. The molecule has 4 nitrogen and oxygen atoms in total. The molecule has 5 atom stereocenters. The van der Waals surface area contributed by atoms with Crippen molar-refractivity contribution in [3.63, 3.8) is 0 Å². The molecule has 1 aliphatic heterocycles. The second kappa shape index (κ2) is 5.47. The van der Waals surface area contributed by atoms with Gasteiger partial charge in [0.15, 0.2) is 0 Å². The molecule has 106 valence electrons. The lowest BCUT2D eigenvalue weighted by Crippen LogP contribution is -2.33. The van der Waals surface area contributed by atoms with Gasteiger partial charge in [-0.1, -0.05) is 19.1 Å². The lowest BCUT2D eigenvalue weighted by Gasteiger charge is -2.27. The Hall–Kier alpha value is -1.13. The number of fused-ring (bicyclic) bond motifs is 1. The van der Waals surface area contributed by atoms with Crippen molar-refractivity contribution >= 4 is 5.97 Å². The minimum atomic E-state index is -0.712. The zero-order chi connectivity index (χ0) is 14.2. The first kappa shape index (κ1) is 14.3. The highest BCUT2D eigenvalue weighted by molar-refractivity contribution is 5.75. The van der Waals surface area contributed by atoms with Crippen LogP contribution in [0.5, 0.6) is 0 Å². The van der Waals surface area contributed by atoms with Gasteiger partial charge in [-0.3, -0.25) is 4.79 Å². The Morgan fingerprint density at radius 2 is 2.11 bits per heavy atom. The quantitative estimate of drug-likeness (QED) is 0.516. The molecule has 2 aliphatic rings. The number of aliphatic hydroxyl groups excluding tert-OH is 2. The summed E-state index contributed by atoms with van der Waals surface area (Å²) in [6.07, 6.45) is 1.89. The van der Waals surface area contributed by atoms with E-state index in [-0.39, 0.29) is 23.9 Å². The van der Waals surface area contributed by atoms with Crippen LogP contribution in [-0.4, -0.2) is 34.5 Å². The minimum Gasteiger partial charge on any atom is -0.457 e. The smallest absolute Gasteiger partial charge is 0.309 e. The van der Waals surface area contributed by atoms with Crippen molar-refractivity contribution in [2.24, 2.45) is 11.8 Å². The SMILES string of the molecule is C=C1C[C@@H](O)[C@H]2[C@H](/C=C(/C)CC[C@@H]1O)OC(=O)[C@@H]2C. The van der Waals surface area contributed by atoms with E-state index >= 15 is 0 Å². The molecule has 0 bridgehead atoms. The third kappa shape index (κ3) is 2.90. The zero-order valence-electron chi connectivity index (χ0n) is 11.5. The molecule has 0 saturated carbocycles. The monoisotopic (exact) mass is 266 g/mol. The number of carbonyl (C=O) groups is 1. The first-order chi connectivity index (χ1) is 8.90. The first-order valence-corrected chi connectivity index (χ1v) is 6.81. The highest BCUT2D eigenvalue weighted by Gasteiger charge is 2.45. The molecule has 4 heteroatoms. The maximum Gasteiger partial charge on any atom is 0.309 e. The van der Waals surface area contributed by atoms with E-state index in [1.54, 1.807) is 6.92 Å². The number of rotatable bonds is 0. The summed E-state index contributed by atoms with van der Waals surface area (Å²) in [4.78, 5) is 11.7. The standard InChI is InChI=1S/C15H22O4/c1-8-4-5-11(16)9(2)7-12(17)14-10(3)15(18)19-13(14)6-8/h6,10-14,16-17H,2,4-5,7H2,1,3H3/b8-6-/t10-,11+,12-,13+,14+/m1/s1. The van der Waals surface area contributed by atoms with Gasteiger partial charge in [-0.15, -0.1) is 0 Å². The first-order valence-electron chi connectivity index (χ1n) is 6.81. The van der Waals surface area contributed by atoms with Crippen LogP contribution in [0.1, 0.15) is 33.1 Å². The molecule has 19 heavy (non-hydrogen) atoms. The van der Waals surface area contributed by atoms with Crippen LogP contribution in [0.15, 0.2) is 23.8 Å². The zero-order valence-corrected chi connectivity index (χ0v) is 11.5. The number of esters is 1. The summed E-state index contributed by atoms with van der Waals surface area (Å²) in [6.45, 7) is 7.59. The van der Waals surface area contributed by atoms with Gasteiger partial charge in [0.1, 0.15) is 6.10 Å². The summed E-state index contributed by atoms with van der Waals surface area (Å²) in [7, 11) is 0. The fourth-order valence-corrected chi connectivity index (χ4v) is 2.93. The predicted octanol–water partition coefficient (Wildman–Crippen LogP) is 1.57. The molecule has 0 aromatic heterocycles. The predicted molar refractivity (Wildman–Crippen MR) is 71.3 cm³/mol. The Kier molecular flexibility index (Phi) is 4.11. The van der Waals surface area contributed by atoms with Crippen LogP contribution in [0.3, 0.4) is 0 Å². The van der Waals surface area contributed by atoms with E-state index in [4.69, 9.17) is 4.74 Å². The second-order valence-electron chi connectivity index (χ2n) is 5.76. The Bertz CT molecular complexity index is 412. The molecule has 0 unspecified atom stereocenters. The Morgan fingerprint density at radius 1 is 1.42 bits per heavy atom. The topological polar surface area (TPSA) is 66.8 Å². The Balaban J connectivity index is 2.30. The van der Waals surface area contributed by atoms with Gasteiger partial charge in [-0.05, 0) is 37.8 Å². The highest BCUT2D eigenvalue weighted by atomic mass is 16.6. The van der Waals surface area contributed by atoms with E-state index < -0.39 is 12.2 Å². The molecular formula is C15H22O4. The Morgan fingerprint density at radius 3 is 2.79 bits per heavy atom. The van der Waals surface area contributed by atoms with Crippen LogP contribution in [0, 0.1) is 11.8 Å². The van der Waals surface area contributed by atoms with E-state index in [0.717, 1.165) is 12.0 Å². The number of allylic oxidation sites excluding steroid dienone is 1. The summed E-state index contributed by atoms with van der Waals surface area (Å²) in [6, 6.07) is 0.